The normalized spacial score (nSPS) is 14.3. The Hall–Kier alpha value is -2.94. The zero-order chi connectivity index (χ0) is 16.3. The molecule has 3 aromatic rings. The molecule has 3 heteroatoms. The molecule has 4 rings (SSSR count). The summed E-state index contributed by atoms with van der Waals surface area (Å²) < 4.78 is 0. The fourth-order valence-electron chi connectivity index (χ4n) is 3.62. The molecular weight excluding hydrogens is 286 g/mol. The van der Waals surface area contributed by atoms with Crippen molar-refractivity contribution in [3.8, 4) is 0 Å². The summed E-state index contributed by atoms with van der Waals surface area (Å²) in [7, 11) is 0. The highest BCUT2D eigenvalue weighted by Gasteiger charge is 2.27. The Morgan fingerprint density at radius 2 is 1.48 bits per heavy atom. The minimum Gasteiger partial charge on any atom is -0.398 e. The van der Waals surface area contributed by atoms with Gasteiger partial charge in [-0.2, -0.15) is 0 Å². The quantitative estimate of drug-likeness (QED) is 0.509. The van der Waals surface area contributed by atoms with E-state index in [1.807, 2.05) is 25.1 Å². The maximum absolute atomic E-state index is 12.2. The van der Waals surface area contributed by atoms with Crippen LogP contribution in [-0.2, 0) is 4.79 Å². The number of hydrogen-bond acceptors (Lipinski definition) is 3. The lowest BCUT2D eigenvalue weighted by molar-refractivity contribution is -0.111. The summed E-state index contributed by atoms with van der Waals surface area (Å²) in [5.41, 5.74) is 9.81. The number of carbonyl (C=O) groups excluding carboxylic acids is 2. The first-order chi connectivity index (χ1) is 11.0. The van der Waals surface area contributed by atoms with Crippen LogP contribution in [0.1, 0.15) is 27.0 Å². The predicted molar refractivity (Wildman–Crippen MR) is 92.4 cm³/mol. The van der Waals surface area contributed by atoms with Gasteiger partial charge in [-0.1, -0.05) is 30.3 Å². The Morgan fingerprint density at radius 1 is 0.826 bits per heavy atom. The van der Waals surface area contributed by atoms with Crippen LogP contribution in [0.3, 0.4) is 0 Å². The Balaban J connectivity index is 2.29. The number of ketones is 2. The number of benzene rings is 3. The van der Waals surface area contributed by atoms with Gasteiger partial charge >= 0.3 is 0 Å². The van der Waals surface area contributed by atoms with Gasteiger partial charge in [0.05, 0.1) is 0 Å². The molecule has 0 radical (unpaired) electrons. The first kappa shape index (κ1) is 13.7. The SMILES string of the molecule is Cc1c2ccccc2c(C)c2c3c(ccc12)C(=O)C(=O)C=C3N. The van der Waals surface area contributed by atoms with Crippen LogP contribution in [0.25, 0.3) is 27.2 Å². The number of fused-ring (bicyclic) bond motifs is 4. The van der Waals surface area contributed by atoms with Gasteiger partial charge in [-0.05, 0) is 52.6 Å². The number of hydrogen-bond donors (Lipinski definition) is 1. The zero-order valence-electron chi connectivity index (χ0n) is 12.9. The maximum Gasteiger partial charge on any atom is 0.233 e. The van der Waals surface area contributed by atoms with Gasteiger partial charge in [-0.15, -0.1) is 0 Å². The van der Waals surface area contributed by atoms with E-state index >= 15 is 0 Å². The Labute approximate surface area is 133 Å². The second-order valence-corrected chi connectivity index (χ2v) is 6.00. The van der Waals surface area contributed by atoms with Crippen molar-refractivity contribution in [3.63, 3.8) is 0 Å². The van der Waals surface area contributed by atoms with Crippen LogP contribution in [-0.4, -0.2) is 11.6 Å². The van der Waals surface area contributed by atoms with Crippen molar-refractivity contribution in [2.24, 2.45) is 5.73 Å². The lowest BCUT2D eigenvalue weighted by atomic mass is 9.84. The van der Waals surface area contributed by atoms with Crippen LogP contribution in [0.5, 0.6) is 0 Å². The monoisotopic (exact) mass is 301 g/mol. The van der Waals surface area contributed by atoms with Crippen LogP contribution in [0.4, 0.5) is 0 Å². The minimum atomic E-state index is -0.551. The molecule has 3 nitrogen and oxygen atoms in total. The summed E-state index contributed by atoms with van der Waals surface area (Å²) in [6.45, 7) is 4.12. The highest BCUT2D eigenvalue weighted by molar-refractivity contribution is 6.51. The molecule has 0 bridgehead atoms. The molecule has 1 aliphatic carbocycles. The van der Waals surface area contributed by atoms with Crippen LogP contribution < -0.4 is 5.73 Å². The molecule has 0 spiro atoms. The highest BCUT2D eigenvalue weighted by Crippen LogP contribution is 2.38. The molecule has 2 N–H and O–H groups in total. The van der Waals surface area contributed by atoms with Gasteiger partial charge in [-0.3, -0.25) is 9.59 Å². The van der Waals surface area contributed by atoms with Crippen molar-refractivity contribution < 1.29 is 9.59 Å². The second kappa shape index (κ2) is 4.53. The van der Waals surface area contributed by atoms with Gasteiger partial charge in [0.15, 0.2) is 0 Å². The van der Waals surface area contributed by atoms with Crippen LogP contribution in [0, 0.1) is 13.8 Å². The third kappa shape index (κ3) is 1.70. The predicted octanol–water partition coefficient (Wildman–Crippen LogP) is 3.67. The smallest absolute Gasteiger partial charge is 0.233 e. The number of aryl methyl sites for hydroxylation is 2. The fourth-order valence-corrected chi connectivity index (χ4v) is 3.62. The molecule has 112 valence electrons. The van der Waals surface area contributed by atoms with E-state index in [1.54, 1.807) is 6.07 Å². The summed E-state index contributed by atoms with van der Waals surface area (Å²) in [4.78, 5) is 24.0. The molecule has 1 aliphatic rings. The molecule has 0 aromatic heterocycles. The molecule has 0 saturated heterocycles. The fraction of sp³-hybridized carbons (Fsp3) is 0.100. The van der Waals surface area contributed by atoms with Crippen molar-refractivity contribution >= 4 is 38.8 Å². The average Bonchev–Trinajstić information content (AvgIpc) is 2.56. The topological polar surface area (TPSA) is 60.2 Å². The summed E-state index contributed by atoms with van der Waals surface area (Å²) in [6, 6.07) is 11.8. The van der Waals surface area contributed by atoms with Crippen molar-refractivity contribution in [1.82, 2.24) is 0 Å². The van der Waals surface area contributed by atoms with Gasteiger partial charge in [0, 0.05) is 22.9 Å². The Kier molecular flexibility index (Phi) is 2.70. The minimum absolute atomic E-state index is 0.369. The summed E-state index contributed by atoms with van der Waals surface area (Å²) in [5.74, 6) is -1.04. The van der Waals surface area contributed by atoms with Gasteiger partial charge < -0.3 is 5.73 Å². The average molecular weight is 301 g/mol. The zero-order valence-corrected chi connectivity index (χ0v) is 12.9. The summed E-state index contributed by atoms with van der Waals surface area (Å²) >= 11 is 0. The molecule has 23 heavy (non-hydrogen) atoms. The van der Waals surface area contributed by atoms with Crippen molar-refractivity contribution in [2.45, 2.75) is 13.8 Å². The van der Waals surface area contributed by atoms with E-state index < -0.39 is 11.6 Å². The third-order valence-corrected chi connectivity index (χ3v) is 4.76. The van der Waals surface area contributed by atoms with Gasteiger partial charge in [0.25, 0.3) is 0 Å². The molecule has 0 amide bonds. The van der Waals surface area contributed by atoms with Crippen molar-refractivity contribution in [2.75, 3.05) is 0 Å². The van der Waals surface area contributed by atoms with Crippen LogP contribution >= 0.6 is 0 Å². The van der Waals surface area contributed by atoms with Gasteiger partial charge in [-0.25, -0.2) is 0 Å². The Bertz CT molecular complexity index is 1070. The number of carbonyl (C=O) groups is 2. The molecule has 0 saturated carbocycles. The van der Waals surface area contributed by atoms with E-state index in [0.29, 0.717) is 16.8 Å². The van der Waals surface area contributed by atoms with Crippen LogP contribution in [0.15, 0.2) is 42.5 Å². The maximum atomic E-state index is 12.2. The third-order valence-electron chi connectivity index (χ3n) is 4.76. The van der Waals surface area contributed by atoms with Crippen molar-refractivity contribution in [3.05, 3.63) is 64.7 Å². The van der Waals surface area contributed by atoms with E-state index in [9.17, 15) is 9.59 Å². The first-order valence-corrected chi connectivity index (χ1v) is 7.51. The largest absolute Gasteiger partial charge is 0.398 e. The number of allylic oxidation sites excluding steroid dienone is 1. The van der Waals surface area contributed by atoms with Crippen LogP contribution in [0.2, 0.25) is 0 Å². The molecule has 0 aliphatic heterocycles. The number of rotatable bonds is 0. The lowest BCUT2D eigenvalue weighted by Crippen LogP contribution is -2.21. The molecular formula is C20H15NO2. The van der Waals surface area contributed by atoms with E-state index in [-0.39, 0.29) is 0 Å². The lowest BCUT2D eigenvalue weighted by Gasteiger charge is -2.20. The second-order valence-electron chi connectivity index (χ2n) is 6.00. The van der Waals surface area contributed by atoms with E-state index in [4.69, 9.17) is 5.73 Å². The van der Waals surface area contributed by atoms with E-state index in [1.165, 1.54) is 11.5 Å². The Morgan fingerprint density at radius 3 is 2.17 bits per heavy atom. The molecule has 0 atom stereocenters. The standard InChI is InChI=1S/C20H15NO2/c1-10-12-5-3-4-6-13(12)11(2)18-14(10)7-8-15-19(18)16(21)9-17(22)20(15)23/h3-9H,21H2,1-2H3. The van der Waals surface area contributed by atoms with Gasteiger partial charge in [0.1, 0.15) is 0 Å². The van der Waals surface area contributed by atoms with Gasteiger partial charge in [0.2, 0.25) is 11.6 Å². The molecule has 0 fully saturated rings. The molecule has 0 heterocycles. The van der Waals surface area contributed by atoms with E-state index in [2.05, 4.69) is 19.1 Å². The molecule has 0 unspecified atom stereocenters. The number of nitrogens with two attached hydrogens (primary N) is 1. The van der Waals surface area contributed by atoms with E-state index in [0.717, 1.165) is 27.3 Å². The first-order valence-electron chi connectivity index (χ1n) is 7.51. The van der Waals surface area contributed by atoms with Crippen molar-refractivity contribution in [1.29, 1.82) is 0 Å². The number of Topliss-reactive ketones (excluding diaryl/α,β-unsaturated/α-hetero) is 1. The highest BCUT2D eigenvalue weighted by atomic mass is 16.2. The summed E-state index contributed by atoms with van der Waals surface area (Å²) in [5, 5.41) is 4.37. The molecule has 3 aromatic carbocycles. The summed E-state index contributed by atoms with van der Waals surface area (Å²) in [6.07, 6.45) is 1.24.